The summed E-state index contributed by atoms with van der Waals surface area (Å²) in [5.41, 5.74) is 2.64. The highest BCUT2D eigenvalue weighted by Gasteiger charge is 2.32. The number of amidine groups is 1. The minimum absolute atomic E-state index is 0.207. The van der Waals surface area contributed by atoms with Crippen molar-refractivity contribution in [3.63, 3.8) is 0 Å². The molecule has 0 spiro atoms. The van der Waals surface area contributed by atoms with Crippen LogP contribution in [0.1, 0.15) is 11.1 Å². The van der Waals surface area contributed by atoms with E-state index in [2.05, 4.69) is 15.9 Å². The van der Waals surface area contributed by atoms with Crippen LogP contribution in [0, 0.1) is 0 Å². The molecule has 6 heteroatoms. The molecule has 1 amide bonds. The quantitative estimate of drug-likeness (QED) is 0.483. The molecule has 30 heavy (non-hydrogen) atoms. The zero-order chi connectivity index (χ0) is 21.1. The summed E-state index contributed by atoms with van der Waals surface area (Å²) < 4.78 is 11.7. The van der Waals surface area contributed by atoms with Gasteiger partial charge in [0.15, 0.2) is 0 Å². The predicted octanol–water partition coefficient (Wildman–Crippen LogP) is 5.30. The molecule has 0 aromatic heterocycles. The van der Waals surface area contributed by atoms with Crippen molar-refractivity contribution in [3.05, 3.63) is 94.1 Å². The van der Waals surface area contributed by atoms with Crippen molar-refractivity contribution in [1.82, 2.24) is 0 Å². The number of benzene rings is 3. The van der Waals surface area contributed by atoms with Crippen LogP contribution < -0.4 is 14.4 Å². The van der Waals surface area contributed by atoms with Crippen LogP contribution in [-0.2, 0) is 4.79 Å². The largest absolute Gasteiger partial charge is 0.497 e. The summed E-state index contributed by atoms with van der Waals surface area (Å²) in [5, 5.41) is 0. The first kappa shape index (κ1) is 19.9. The molecule has 0 N–H and O–H groups in total. The summed E-state index contributed by atoms with van der Waals surface area (Å²) in [6.45, 7) is 0. The first-order chi connectivity index (χ1) is 14.6. The second-order valence-electron chi connectivity index (χ2n) is 6.56. The van der Waals surface area contributed by atoms with Crippen molar-refractivity contribution in [2.75, 3.05) is 19.1 Å². The van der Waals surface area contributed by atoms with Crippen LogP contribution in [-0.4, -0.2) is 26.0 Å². The predicted molar refractivity (Wildman–Crippen MR) is 122 cm³/mol. The van der Waals surface area contributed by atoms with Crippen molar-refractivity contribution in [2.45, 2.75) is 0 Å². The second-order valence-corrected chi connectivity index (χ2v) is 7.47. The van der Waals surface area contributed by atoms with E-state index in [0.717, 1.165) is 21.3 Å². The zero-order valence-electron chi connectivity index (χ0n) is 16.5. The number of methoxy groups -OCH3 is 2. The zero-order valence-corrected chi connectivity index (χ0v) is 18.1. The molecule has 4 rings (SSSR count). The Morgan fingerprint density at radius 1 is 0.933 bits per heavy atom. The molecule has 150 valence electrons. The van der Waals surface area contributed by atoms with Crippen LogP contribution in [0.25, 0.3) is 6.08 Å². The third-order valence-corrected chi connectivity index (χ3v) is 5.23. The van der Waals surface area contributed by atoms with Gasteiger partial charge in [0.2, 0.25) is 0 Å². The number of halogens is 1. The van der Waals surface area contributed by atoms with Crippen LogP contribution in [0.5, 0.6) is 11.5 Å². The van der Waals surface area contributed by atoms with Gasteiger partial charge in [0.1, 0.15) is 23.0 Å². The molecule has 0 saturated heterocycles. The average Bonchev–Trinajstić information content (AvgIpc) is 3.11. The molecule has 3 aromatic rings. The van der Waals surface area contributed by atoms with Crippen LogP contribution in [0.15, 0.2) is 88.0 Å². The van der Waals surface area contributed by atoms with Crippen LogP contribution in [0.2, 0.25) is 0 Å². The lowest BCUT2D eigenvalue weighted by molar-refractivity contribution is -0.113. The van der Waals surface area contributed by atoms with Gasteiger partial charge in [-0.25, -0.2) is 4.99 Å². The smallest absolute Gasteiger partial charge is 0.282 e. The van der Waals surface area contributed by atoms with Crippen molar-refractivity contribution in [3.8, 4) is 11.5 Å². The second kappa shape index (κ2) is 8.55. The number of nitrogens with zero attached hydrogens (tertiary/aromatic N) is 2. The molecular weight excluding hydrogens is 444 g/mol. The number of amides is 1. The first-order valence-electron chi connectivity index (χ1n) is 9.28. The monoisotopic (exact) mass is 462 g/mol. The molecular formula is C24H19BrN2O3. The van der Waals surface area contributed by atoms with E-state index in [1.807, 2.05) is 72.8 Å². The fourth-order valence-corrected chi connectivity index (χ4v) is 3.50. The van der Waals surface area contributed by atoms with Crippen LogP contribution >= 0.6 is 15.9 Å². The highest BCUT2D eigenvalue weighted by atomic mass is 79.9. The highest BCUT2D eigenvalue weighted by Crippen LogP contribution is 2.31. The number of ether oxygens (including phenoxy) is 2. The molecule has 1 aliphatic rings. The molecule has 0 aliphatic carbocycles. The molecule has 0 unspecified atom stereocenters. The standard InChI is InChI=1S/C24H19BrN2O3/c1-29-20-8-5-7-17(14-20)23-26-21(15-16-6-3-4-9-22(16)30-2)24(28)27(23)19-12-10-18(25)11-13-19/h3-15H,1-2H3. The molecule has 3 aromatic carbocycles. The van der Waals surface area contributed by atoms with Crippen LogP contribution in [0.4, 0.5) is 5.69 Å². The Morgan fingerprint density at radius 2 is 1.70 bits per heavy atom. The maximum Gasteiger partial charge on any atom is 0.282 e. The number of aliphatic imine (C=N–C) groups is 1. The Morgan fingerprint density at radius 3 is 2.43 bits per heavy atom. The number of hydrogen-bond donors (Lipinski definition) is 0. The molecule has 0 fully saturated rings. The molecule has 0 atom stereocenters. The van der Waals surface area contributed by atoms with Crippen molar-refractivity contribution < 1.29 is 14.3 Å². The fourth-order valence-electron chi connectivity index (χ4n) is 3.24. The summed E-state index contributed by atoms with van der Waals surface area (Å²) in [6.07, 6.45) is 1.75. The topological polar surface area (TPSA) is 51.1 Å². The molecule has 1 aliphatic heterocycles. The Labute approximate surface area is 183 Å². The van der Waals surface area contributed by atoms with Gasteiger partial charge in [0.05, 0.1) is 19.9 Å². The van der Waals surface area contributed by atoms with Crippen molar-refractivity contribution >= 4 is 39.4 Å². The summed E-state index contributed by atoms with van der Waals surface area (Å²) in [4.78, 5) is 19.7. The van der Waals surface area contributed by atoms with E-state index in [-0.39, 0.29) is 5.91 Å². The third kappa shape index (κ3) is 3.86. The summed E-state index contributed by atoms with van der Waals surface area (Å²) >= 11 is 3.44. The summed E-state index contributed by atoms with van der Waals surface area (Å²) in [6, 6.07) is 22.6. The maximum absolute atomic E-state index is 13.4. The minimum atomic E-state index is -0.207. The summed E-state index contributed by atoms with van der Waals surface area (Å²) in [7, 11) is 3.22. The number of hydrogen-bond acceptors (Lipinski definition) is 4. The Bertz CT molecular complexity index is 1150. The lowest BCUT2D eigenvalue weighted by Gasteiger charge is -2.19. The number of anilines is 1. The fraction of sp³-hybridized carbons (Fsp3) is 0.0833. The Balaban J connectivity index is 1.85. The average molecular weight is 463 g/mol. The molecule has 0 saturated carbocycles. The van der Waals surface area contributed by atoms with Crippen molar-refractivity contribution in [1.29, 1.82) is 0 Å². The molecule has 0 bridgehead atoms. The highest BCUT2D eigenvalue weighted by molar-refractivity contribution is 9.10. The van der Waals surface area contributed by atoms with Crippen molar-refractivity contribution in [2.24, 2.45) is 4.99 Å². The number of rotatable bonds is 5. The minimum Gasteiger partial charge on any atom is -0.497 e. The normalized spacial score (nSPS) is 14.8. The van der Waals surface area contributed by atoms with E-state index in [1.165, 1.54) is 0 Å². The van der Waals surface area contributed by atoms with E-state index in [1.54, 1.807) is 25.2 Å². The molecule has 1 heterocycles. The summed E-state index contributed by atoms with van der Waals surface area (Å²) in [5.74, 6) is 1.71. The lowest BCUT2D eigenvalue weighted by Crippen LogP contribution is -2.32. The van der Waals surface area contributed by atoms with E-state index < -0.39 is 0 Å². The van der Waals surface area contributed by atoms with E-state index in [0.29, 0.717) is 23.0 Å². The lowest BCUT2D eigenvalue weighted by atomic mass is 10.1. The number of para-hydroxylation sites is 1. The van der Waals surface area contributed by atoms with E-state index in [4.69, 9.17) is 14.5 Å². The van der Waals surface area contributed by atoms with Gasteiger partial charge in [-0.05, 0) is 48.5 Å². The first-order valence-corrected chi connectivity index (χ1v) is 10.1. The van der Waals surface area contributed by atoms with Gasteiger partial charge in [0.25, 0.3) is 5.91 Å². The van der Waals surface area contributed by atoms with Gasteiger partial charge in [-0.1, -0.05) is 46.3 Å². The van der Waals surface area contributed by atoms with Crippen LogP contribution in [0.3, 0.4) is 0 Å². The van der Waals surface area contributed by atoms with Gasteiger partial charge >= 0.3 is 0 Å². The van der Waals surface area contributed by atoms with Gasteiger partial charge in [-0.3, -0.25) is 9.69 Å². The van der Waals surface area contributed by atoms with Gasteiger partial charge in [-0.15, -0.1) is 0 Å². The van der Waals surface area contributed by atoms with Gasteiger partial charge in [-0.2, -0.15) is 0 Å². The number of carbonyl (C=O) groups excluding carboxylic acids is 1. The Kier molecular flexibility index (Phi) is 5.68. The third-order valence-electron chi connectivity index (χ3n) is 4.70. The van der Waals surface area contributed by atoms with Gasteiger partial charge in [0, 0.05) is 15.6 Å². The maximum atomic E-state index is 13.4. The molecule has 5 nitrogen and oxygen atoms in total. The van der Waals surface area contributed by atoms with Gasteiger partial charge < -0.3 is 9.47 Å². The molecule has 0 radical (unpaired) electrons. The Hall–Kier alpha value is -3.38. The number of carbonyl (C=O) groups is 1. The van der Waals surface area contributed by atoms with E-state index in [9.17, 15) is 4.79 Å². The van der Waals surface area contributed by atoms with E-state index >= 15 is 0 Å². The SMILES string of the molecule is COc1cccc(C2=NC(=Cc3ccccc3OC)C(=O)N2c2ccc(Br)cc2)c1.